The lowest BCUT2D eigenvalue weighted by molar-refractivity contribution is -0.159. The second-order valence-corrected chi connectivity index (χ2v) is 5.99. The van der Waals surface area contributed by atoms with E-state index >= 15 is 0 Å². The van der Waals surface area contributed by atoms with E-state index in [-0.39, 0.29) is 0 Å². The predicted octanol–water partition coefficient (Wildman–Crippen LogP) is 2.42. The highest BCUT2D eigenvalue weighted by molar-refractivity contribution is 6.27. The number of benzene rings is 2. The van der Waals surface area contributed by atoms with Crippen LogP contribution in [0, 0.1) is 0 Å². The van der Waals surface area contributed by atoms with Crippen molar-refractivity contribution >= 4 is 11.9 Å². The van der Waals surface area contributed by atoms with Gasteiger partial charge in [0, 0.05) is 25.2 Å². The Labute approximate surface area is 157 Å². The maximum absolute atomic E-state index is 9.10. The van der Waals surface area contributed by atoms with Crippen molar-refractivity contribution < 1.29 is 29.3 Å². The molecular weight excluding hydrogens is 350 g/mol. The quantitative estimate of drug-likeness (QED) is 0.795. The third-order valence-corrected chi connectivity index (χ3v) is 4.27. The Kier molecular flexibility index (Phi) is 7.19. The van der Waals surface area contributed by atoms with Crippen molar-refractivity contribution in [3.8, 4) is 11.5 Å². The number of carboxylic acid groups (broad SMARTS) is 2. The van der Waals surface area contributed by atoms with Crippen LogP contribution in [-0.2, 0) is 29.1 Å². The molecule has 0 saturated carbocycles. The van der Waals surface area contributed by atoms with Crippen molar-refractivity contribution in [2.24, 2.45) is 0 Å². The van der Waals surface area contributed by atoms with Gasteiger partial charge in [-0.05, 0) is 23.6 Å². The molecule has 0 radical (unpaired) electrons. The van der Waals surface area contributed by atoms with Crippen molar-refractivity contribution in [1.29, 1.82) is 0 Å². The molecule has 27 heavy (non-hydrogen) atoms. The molecule has 0 spiro atoms. The van der Waals surface area contributed by atoms with Crippen LogP contribution in [0.4, 0.5) is 0 Å². The normalized spacial score (nSPS) is 13.0. The topological polar surface area (TPSA) is 96.3 Å². The van der Waals surface area contributed by atoms with Gasteiger partial charge in [-0.15, -0.1) is 0 Å². The molecule has 0 unspecified atom stereocenters. The number of aliphatic carboxylic acids is 2. The standard InChI is InChI=1S/C18H21NO2.C2H2O4/c1-20-17-9-5-8-16(18(17)21-2)13-19-11-10-14-6-3-4-7-15(14)12-19;3-1(4)2(5)6/h3-9H,10-13H2,1-2H3;(H,3,4)(H,5,6). The third kappa shape index (κ3) is 5.46. The Balaban J connectivity index is 0.000000380. The number of ether oxygens (including phenoxy) is 2. The Morgan fingerprint density at radius 2 is 1.63 bits per heavy atom. The van der Waals surface area contributed by atoms with Crippen molar-refractivity contribution in [2.45, 2.75) is 19.5 Å². The maximum atomic E-state index is 9.10. The van der Waals surface area contributed by atoms with Crippen LogP contribution in [0.5, 0.6) is 11.5 Å². The van der Waals surface area contributed by atoms with Crippen molar-refractivity contribution in [1.82, 2.24) is 4.90 Å². The smallest absolute Gasteiger partial charge is 0.414 e. The molecular formula is C20H23NO6. The van der Waals surface area contributed by atoms with Gasteiger partial charge < -0.3 is 19.7 Å². The fourth-order valence-electron chi connectivity index (χ4n) is 3.01. The van der Waals surface area contributed by atoms with E-state index in [2.05, 4.69) is 35.2 Å². The van der Waals surface area contributed by atoms with E-state index in [1.807, 2.05) is 12.1 Å². The van der Waals surface area contributed by atoms with E-state index in [0.29, 0.717) is 0 Å². The minimum atomic E-state index is -1.82. The van der Waals surface area contributed by atoms with Gasteiger partial charge in [-0.3, -0.25) is 4.90 Å². The first-order chi connectivity index (χ1) is 13.0. The van der Waals surface area contributed by atoms with Gasteiger partial charge >= 0.3 is 11.9 Å². The minimum Gasteiger partial charge on any atom is -0.493 e. The number of carboxylic acids is 2. The maximum Gasteiger partial charge on any atom is 0.414 e. The van der Waals surface area contributed by atoms with Crippen LogP contribution >= 0.6 is 0 Å². The first-order valence-electron chi connectivity index (χ1n) is 8.41. The minimum absolute atomic E-state index is 0.799. The van der Waals surface area contributed by atoms with E-state index in [1.165, 1.54) is 16.7 Å². The van der Waals surface area contributed by atoms with Gasteiger partial charge in [-0.2, -0.15) is 0 Å². The lowest BCUT2D eigenvalue weighted by atomic mass is 9.99. The summed E-state index contributed by atoms with van der Waals surface area (Å²) in [6.45, 7) is 2.96. The van der Waals surface area contributed by atoms with Gasteiger partial charge in [-0.1, -0.05) is 36.4 Å². The number of nitrogens with zero attached hydrogens (tertiary/aromatic N) is 1. The molecule has 1 aliphatic heterocycles. The van der Waals surface area contributed by atoms with Gasteiger partial charge in [0.05, 0.1) is 14.2 Å². The van der Waals surface area contributed by atoms with Gasteiger partial charge in [0.25, 0.3) is 0 Å². The van der Waals surface area contributed by atoms with Crippen LogP contribution in [-0.4, -0.2) is 47.8 Å². The summed E-state index contributed by atoms with van der Waals surface area (Å²) in [6.07, 6.45) is 1.11. The Bertz CT molecular complexity index is 793. The van der Waals surface area contributed by atoms with Crippen LogP contribution < -0.4 is 9.47 Å². The second kappa shape index (κ2) is 9.59. The van der Waals surface area contributed by atoms with Crippen molar-refractivity contribution in [3.63, 3.8) is 0 Å². The summed E-state index contributed by atoms with van der Waals surface area (Å²) in [5.74, 6) is -2.00. The summed E-state index contributed by atoms with van der Waals surface area (Å²) in [6, 6.07) is 14.8. The summed E-state index contributed by atoms with van der Waals surface area (Å²) >= 11 is 0. The molecule has 0 amide bonds. The third-order valence-electron chi connectivity index (χ3n) is 4.27. The zero-order valence-electron chi connectivity index (χ0n) is 15.3. The van der Waals surface area contributed by atoms with Crippen LogP contribution in [0.1, 0.15) is 16.7 Å². The average molecular weight is 373 g/mol. The highest BCUT2D eigenvalue weighted by atomic mass is 16.5. The fourth-order valence-corrected chi connectivity index (χ4v) is 3.01. The molecule has 0 atom stereocenters. The molecule has 0 bridgehead atoms. The Hall–Kier alpha value is -3.06. The number of carbonyl (C=O) groups is 2. The highest BCUT2D eigenvalue weighted by Crippen LogP contribution is 2.32. The summed E-state index contributed by atoms with van der Waals surface area (Å²) in [4.78, 5) is 20.7. The number of rotatable bonds is 4. The molecule has 3 rings (SSSR count). The first-order valence-corrected chi connectivity index (χ1v) is 8.41. The molecule has 7 heteroatoms. The predicted molar refractivity (Wildman–Crippen MR) is 99.1 cm³/mol. The van der Waals surface area contributed by atoms with Gasteiger partial charge in [0.1, 0.15) is 0 Å². The molecule has 2 N–H and O–H groups in total. The van der Waals surface area contributed by atoms with Gasteiger partial charge in [0.15, 0.2) is 11.5 Å². The molecule has 144 valence electrons. The molecule has 0 saturated heterocycles. The summed E-state index contributed by atoms with van der Waals surface area (Å²) < 4.78 is 10.9. The first kappa shape index (κ1) is 20.3. The average Bonchev–Trinajstić information content (AvgIpc) is 2.68. The highest BCUT2D eigenvalue weighted by Gasteiger charge is 2.18. The fraction of sp³-hybridized carbons (Fsp3) is 0.300. The molecule has 7 nitrogen and oxygen atoms in total. The zero-order chi connectivity index (χ0) is 19.8. The van der Waals surface area contributed by atoms with E-state index in [4.69, 9.17) is 29.3 Å². The van der Waals surface area contributed by atoms with Crippen LogP contribution in [0.2, 0.25) is 0 Å². The molecule has 2 aromatic rings. The number of hydrogen-bond donors (Lipinski definition) is 2. The summed E-state index contributed by atoms with van der Waals surface area (Å²) in [5, 5.41) is 14.8. The van der Waals surface area contributed by atoms with Crippen molar-refractivity contribution in [3.05, 3.63) is 59.2 Å². The molecule has 1 heterocycles. The van der Waals surface area contributed by atoms with Crippen molar-refractivity contribution in [2.75, 3.05) is 20.8 Å². The number of para-hydroxylation sites is 1. The van der Waals surface area contributed by atoms with E-state index < -0.39 is 11.9 Å². The van der Waals surface area contributed by atoms with Crippen LogP contribution in [0.25, 0.3) is 0 Å². The van der Waals surface area contributed by atoms with Gasteiger partial charge in [-0.25, -0.2) is 9.59 Å². The number of fused-ring (bicyclic) bond motifs is 1. The van der Waals surface area contributed by atoms with Crippen LogP contribution in [0.15, 0.2) is 42.5 Å². The monoisotopic (exact) mass is 373 g/mol. The summed E-state index contributed by atoms with van der Waals surface area (Å²) in [5.41, 5.74) is 4.09. The Morgan fingerprint density at radius 3 is 2.22 bits per heavy atom. The molecule has 1 aliphatic rings. The second-order valence-electron chi connectivity index (χ2n) is 5.99. The zero-order valence-corrected chi connectivity index (χ0v) is 15.3. The lowest BCUT2D eigenvalue weighted by Crippen LogP contribution is -2.30. The molecule has 0 fully saturated rings. The largest absolute Gasteiger partial charge is 0.493 e. The Morgan fingerprint density at radius 1 is 0.963 bits per heavy atom. The SMILES string of the molecule is COc1cccc(CN2CCc3ccccc3C2)c1OC.O=C(O)C(=O)O. The molecule has 2 aromatic carbocycles. The number of methoxy groups -OCH3 is 2. The number of hydrogen-bond acceptors (Lipinski definition) is 5. The van der Waals surface area contributed by atoms with E-state index in [0.717, 1.165) is 37.6 Å². The lowest BCUT2D eigenvalue weighted by Gasteiger charge is -2.29. The van der Waals surface area contributed by atoms with E-state index in [1.54, 1.807) is 14.2 Å². The van der Waals surface area contributed by atoms with Gasteiger partial charge in [0.2, 0.25) is 0 Å². The van der Waals surface area contributed by atoms with E-state index in [9.17, 15) is 0 Å². The van der Waals surface area contributed by atoms with Crippen LogP contribution in [0.3, 0.4) is 0 Å². The molecule has 0 aliphatic carbocycles. The summed E-state index contributed by atoms with van der Waals surface area (Å²) in [7, 11) is 3.38. The molecule has 0 aromatic heterocycles.